The normalized spacial score (nSPS) is 11.5. The lowest BCUT2D eigenvalue weighted by atomic mass is 10.2. The van der Waals surface area contributed by atoms with Crippen molar-refractivity contribution in [1.29, 1.82) is 0 Å². The van der Waals surface area contributed by atoms with E-state index in [1.165, 1.54) is 6.92 Å². The van der Waals surface area contributed by atoms with Gasteiger partial charge in [0, 0.05) is 6.42 Å². The van der Waals surface area contributed by atoms with Gasteiger partial charge in [-0.1, -0.05) is 0 Å². The van der Waals surface area contributed by atoms with Crippen molar-refractivity contribution < 1.29 is 23.9 Å². The van der Waals surface area contributed by atoms with E-state index in [1.807, 2.05) is 0 Å². The molecule has 6 nitrogen and oxygen atoms in total. The first-order chi connectivity index (χ1) is 6.07. The highest BCUT2D eigenvalue weighted by Crippen LogP contribution is 1.93. The average Bonchev–Trinajstić information content (AvgIpc) is 2.03. The summed E-state index contributed by atoms with van der Waals surface area (Å²) in [5, 5.41) is 0. The molecular weight excluding hydrogens is 178 g/mol. The van der Waals surface area contributed by atoms with E-state index in [-0.39, 0.29) is 18.7 Å². The molecule has 13 heavy (non-hydrogen) atoms. The summed E-state index contributed by atoms with van der Waals surface area (Å²) in [4.78, 5) is 31.0. The zero-order chi connectivity index (χ0) is 10.3. The van der Waals surface area contributed by atoms with Gasteiger partial charge in [-0.05, 0) is 6.92 Å². The molecule has 0 spiro atoms. The fraction of sp³-hybridized carbons (Fsp3) is 0.571. The Balaban J connectivity index is 3.69. The number of hydrogen-bond acceptors (Lipinski definition) is 6. The van der Waals surface area contributed by atoms with Gasteiger partial charge < -0.3 is 15.2 Å². The van der Waals surface area contributed by atoms with Crippen LogP contribution in [0, 0.1) is 0 Å². The van der Waals surface area contributed by atoms with Crippen LogP contribution in [0.4, 0.5) is 0 Å². The lowest BCUT2D eigenvalue weighted by Crippen LogP contribution is -2.34. The van der Waals surface area contributed by atoms with Crippen molar-refractivity contribution in [1.82, 2.24) is 0 Å². The number of Topliss-reactive ketones (excluding diaryl/α,β-unsaturated/α-hetero) is 1. The number of nitrogens with two attached hydrogens (primary N) is 1. The number of ketones is 1. The Hall–Kier alpha value is -1.43. The maximum atomic E-state index is 10.9. The van der Waals surface area contributed by atoms with Crippen LogP contribution in [0.25, 0.3) is 0 Å². The Kier molecular flexibility index (Phi) is 5.45. The molecule has 2 N–H and O–H groups in total. The fourth-order valence-corrected chi connectivity index (χ4v) is 0.620. The van der Waals surface area contributed by atoms with Crippen LogP contribution >= 0.6 is 0 Å². The molecule has 0 unspecified atom stereocenters. The van der Waals surface area contributed by atoms with E-state index in [1.54, 1.807) is 0 Å². The fourth-order valence-electron chi connectivity index (χ4n) is 0.620. The summed E-state index contributed by atoms with van der Waals surface area (Å²) in [6, 6.07) is -0.993. The predicted molar refractivity (Wildman–Crippen MR) is 41.4 cm³/mol. The van der Waals surface area contributed by atoms with E-state index in [0.717, 1.165) is 0 Å². The third kappa shape index (κ3) is 5.80. The summed E-state index contributed by atoms with van der Waals surface area (Å²) in [6.45, 7) is 0.979. The molecule has 0 amide bonds. The van der Waals surface area contributed by atoms with Gasteiger partial charge >= 0.3 is 5.97 Å². The first-order valence-corrected chi connectivity index (χ1v) is 3.54. The number of carbonyl (C=O) groups is 3. The van der Waals surface area contributed by atoms with Crippen LogP contribution in [0.2, 0.25) is 0 Å². The standard InChI is InChI=1S/C7H11NO5/c1-5(10)2-6(8)7(11)13-4-12-3-9/h3,6H,2,4,8H2,1H3/t6-/m1/s1. The summed E-state index contributed by atoms with van der Waals surface area (Å²) >= 11 is 0. The van der Waals surface area contributed by atoms with Crippen molar-refractivity contribution in [3.8, 4) is 0 Å². The molecule has 0 rings (SSSR count). The molecule has 0 heterocycles. The smallest absolute Gasteiger partial charge is 0.326 e. The first-order valence-electron chi connectivity index (χ1n) is 3.54. The van der Waals surface area contributed by atoms with Gasteiger partial charge in [0.1, 0.15) is 11.8 Å². The highest BCUT2D eigenvalue weighted by molar-refractivity contribution is 5.84. The van der Waals surface area contributed by atoms with E-state index in [2.05, 4.69) is 9.47 Å². The van der Waals surface area contributed by atoms with E-state index < -0.39 is 18.8 Å². The second-order valence-electron chi connectivity index (χ2n) is 2.36. The van der Waals surface area contributed by atoms with Crippen molar-refractivity contribution in [2.45, 2.75) is 19.4 Å². The van der Waals surface area contributed by atoms with Crippen LogP contribution in [0.1, 0.15) is 13.3 Å². The quantitative estimate of drug-likeness (QED) is 0.248. The molecule has 0 bridgehead atoms. The van der Waals surface area contributed by atoms with Gasteiger partial charge in [-0.3, -0.25) is 14.4 Å². The molecule has 0 aliphatic carbocycles. The van der Waals surface area contributed by atoms with E-state index >= 15 is 0 Å². The Morgan fingerprint density at radius 1 is 1.54 bits per heavy atom. The van der Waals surface area contributed by atoms with Gasteiger partial charge in [-0.25, -0.2) is 0 Å². The molecule has 1 atom stereocenters. The van der Waals surface area contributed by atoms with Crippen molar-refractivity contribution in [3.05, 3.63) is 0 Å². The van der Waals surface area contributed by atoms with Crippen LogP contribution in [-0.2, 0) is 23.9 Å². The van der Waals surface area contributed by atoms with Crippen molar-refractivity contribution >= 4 is 18.2 Å². The molecular formula is C7H11NO5. The van der Waals surface area contributed by atoms with Gasteiger partial charge in [-0.15, -0.1) is 0 Å². The van der Waals surface area contributed by atoms with Gasteiger partial charge in [0.2, 0.25) is 6.79 Å². The van der Waals surface area contributed by atoms with Crippen LogP contribution in [-0.4, -0.2) is 31.1 Å². The van der Waals surface area contributed by atoms with E-state index in [4.69, 9.17) is 5.73 Å². The van der Waals surface area contributed by atoms with E-state index in [0.29, 0.717) is 0 Å². The molecule has 0 aliphatic rings. The highest BCUT2D eigenvalue weighted by atomic mass is 16.7. The highest BCUT2D eigenvalue weighted by Gasteiger charge is 2.16. The molecule has 0 radical (unpaired) electrons. The van der Waals surface area contributed by atoms with Gasteiger partial charge in [0.05, 0.1) is 0 Å². The first kappa shape index (κ1) is 11.6. The maximum absolute atomic E-state index is 10.9. The predicted octanol–water partition coefficient (Wildman–Crippen LogP) is -1.03. The maximum Gasteiger partial charge on any atom is 0.326 e. The minimum atomic E-state index is -0.993. The summed E-state index contributed by atoms with van der Waals surface area (Å²) in [6.07, 6.45) is -0.0834. The zero-order valence-corrected chi connectivity index (χ0v) is 7.19. The van der Waals surface area contributed by atoms with Gasteiger partial charge in [0.25, 0.3) is 6.47 Å². The van der Waals surface area contributed by atoms with Crippen LogP contribution < -0.4 is 5.73 Å². The van der Waals surface area contributed by atoms with Crippen LogP contribution in [0.5, 0.6) is 0 Å². The molecule has 0 fully saturated rings. The number of carbonyl (C=O) groups excluding carboxylic acids is 3. The van der Waals surface area contributed by atoms with E-state index in [9.17, 15) is 14.4 Å². The molecule has 0 aromatic carbocycles. The summed E-state index contributed by atoms with van der Waals surface area (Å²) in [5.41, 5.74) is 5.26. The largest absolute Gasteiger partial charge is 0.430 e. The Bertz CT molecular complexity index is 203. The molecule has 0 aliphatic heterocycles. The Morgan fingerprint density at radius 3 is 2.62 bits per heavy atom. The second-order valence-corrected chi connectivity index (χ2v) is 2.36. The number of esters is 1. The minimum absolute atomic E-state index is 0.0834. The van der Waals surface area contributed by atoms with Crippen LogP contribution in [0.15, 0.2) is 0 Å². The minimum Gasteiger partial charge on any atom is -0.430 e. The van der Waals surface area contributed by atoms with Crippen LogP contribution in [0.3, 0.4) is 0 Å². The third-order valence-electron chi connectivity index (χ3n) is 1.15. The van der Waals surface area contributed by atoms with Crippen molar-refractivity contribution in [2.24, 2.45) is 5.73 Å². The summed E-state index contributed by atoms with van der Waals surface area (Å²) < 4.78 is 8.47. The molecule has 6 heteroatoms. The van der Waals surface area contributed by atoms with Crippen molar-refractivity contribution in [3.63, 3.8) is 0 Å². The molecule has 0 saturated carbocycles. The Labute approximate surface area is 75.0 Å². The zero-order valence-electron chi connectivity index (χ0n) is 7.19. The van der Waals surface area contributed by atoms with Crippen molar-refractivity contribution in [2.75, 3.05) is 6.79 Å². The number of hydrogen-bond donors (Lipinski definition) is 1. The molecule has 0 saturated heterocycles. The molecule has 0 aromatic rings. The summed E-state index contributed by atoms with van der Waals surface area (Å²) in [7, 11) is 0. The average molecular weight is 189 g/mol. The second kappa shape index (κ2) is 6.13. The van der Waals surface area contributed by atoms with Gasteiger partial charge in [-0.2, -0.15) is 0 Å². The topological polar surface area (TPSA) is 95.7 Å². The van der Waals surface area contributed by atoms with Gasteiger partial charge in [0.15, 0.2) is 0 Å². The number of ether oxygens (including phenoxy) is 2. The summed E-state index contributed by atoms with van der Waals surface area (Å²) in [5.74, 6) is -0.974. The SMILES string of the molecule is CC(=O)C[C@@H](N)C(=O)OCOC=O. The Morgan fingerprint density at radius 2 is 2.15 bits per heavy atom. The number of rotatable bonds is 6. The third-order valence-corrected chi connectivity index (χ3v) is 1.15. The monoisotopic (exact) mass is 189 g/mol. The lowest BCUT2D eigenvalue weighted by molar-refractivity contribution is -0.161. The lowest BCUT2D eigenvalue weighted by Gasteiger charge is -2.08. The molecule has 74 valence electrons. The molecule has 0 aromatic heterocycles.